The van der Waals surface area contributed by atoms with Crippen LogP contribution in [0.1, 0.15) is 27.3 Å². The van der Waals surface area contributed by atoms with Gasteiger partial charge in [-0.3, -0.25) is 19.9 Å². The highest BCUT2D eigenvalue weighted by Crippen LogP contribution is 2.18. The number of hydrogen-bond donors (Lipinski definition) is 1. The highest BCUT2D eigenvalue weighted by atomic mass is 79.9. The Balaban J connectivity index is 1.81. The van der Waals surface area contributed by atoms with Gasteiger partial charge in [-0.05, 0) is 56.3 Å². The Morgan fingerprint density at radius 3 is 2.44 bits per heavy atom. The summed E-state index contributed by atoms with van der Waals surface area (Å²) in [5.74, 6) is -0.140. The van der Waals surface area contributed by atoms with Gasteiger partial charge in [0.1, 0.15) is 0 Å². The smallest absolute Gasteiger partial charge is 0.267 e. The van der Waals surface area contributed by atoms with Crippen LogP contribution in [0.3, 0.4) is 0 Å². The zero-order valence-corrected chi connectivity index (χ0v) is 15.6. The van der Waals surface area contributed by atoms with Gasteiger partial charge in [0.05, 0.1) is 5.69 Å². The van der Waals surface area contributed by atoms with Crippen LogP contribution < -0.4 is 5.43 Å². The van der Waals surface area contributed by atoms with E-state index in [1.807, 2.05) is 68.6 Å². The molecule has 126 valence electrons. The summed E-state index contributed by atoms with van der Waals surface area (Å²) in [7, 11) is 0. The molecule has 0 saturated heterocycles. The maximum absolute atomic E-state index is 12.4. The fourth-order valence-corrected chi connectivity index (χ4v) is 2.78. The maximum Gasteiger partial charge on any atom is 0.270 e. The van der Waals surface area contributed by atoms with E-state index in [1.165, 1.54) is 0 Å². The molecular formula is C20H18BrN3O. The van der Waals surface area contributed by atoms with Crippen molar-refractivity contribution in [1.29, 1.82) is 0 Å². The van der Waals surface area contributed by atoms with Crippen molar-refractivity contribution in [2.75, 3.05) is 5.43 Å². The third kappa shape index (κ3) is 4.06. The monoisotopic (exact) mass is 395 g/mol. The molecule has 0 radical (unpaired) electrons. The lowest BCUT2D eigenvalue weighted by Crippen LogP contribution is -2.24. The summed E-state index contributed by atoms with van der Waals surface area (Å²) in [5, 5.41) is 0. The van der Waals surface area contributed by atoms with E-state index < -0.39 is 0 Å². The van der Waals surface area contributed by atoms with E-state index in [0.29, 0.717) is 5.56 Å². The predicted molar refractivity (Wildman–Crippen MR) is 105 cm³/mol. The number of nitrogens with zero attached hydrogens (tertiary/aromatic N) is 2. The number of carbonyl (C=O) groups is 1. The van der Waals surface area contributed by atoms with Crippen molar-refractivity contribution in [3.63, 3.8) is 0 Å². The van der Waals surface area contributed by atoms with Gasteiger partial charge in [-0.25, -0.2) is 0 Å². The standard InChI is InChI=1S/C20H18BrN3O/c1-14-12-17(13-22-19-10-8-18(21)9-11-19)15(2)24(14)23-20(25)16-6-4-3-5-7-16/h3-13H,1-2H3,(H,23,25). The van der Waals surface area contributed by atoms with Crippen molar-refractivity contribution in [3.8, 4) is 0 Å². The Hall–Kier alpha value is -2.66. The van der Waals surface area contributed by atoms with Crippen molar-refractivity contribution < 1.29 is 4.79 Å². The van der Waals surface area contributed by atoms with Crippen LogP contribution in [0, 0.1) is 13.8 Å². The average Bonchev–Trinajstić information content (AvgIpc) is 2.89. The normalized spacial score (nSPS) is 11.0. The first-order valence-electron chi connectivity index (χ1n) is 7.89. The van der Waals surface area contributed by atoms with Crippen molar-refractivity contribution >= 4 is 33.7 Å². The van der Waals surface area contributed by atoms with Gasteiger partial charge in [-0.15, -0.1) is 0 Å². The highest BCUT2D eigenvalue weighted by Gasteiger charge is 2.11. The number of nitrogens with one attached hydrogen (secondary N) is 1. The fourth-order valence-electron chi connectivity index (χ4n) is 2.52. The first kappa shape index (κ1) is 17.2. The Bertz CT molecular complexity index is 912. The lowest BCUT2D eigenvalue weighted by atomic mass is 10.2. The highest BCUT2D eigenvalue weighted by molar-refractivity contribution is 9.10. The Morgan fingerprint density at radius 2 is 1.76 bits per heavy atom. The van der Waals surface area contributed by atoms with E-state index >= 15 is 0 Å². The zero-order valence-electron chi connectivity index (χ0n) is 14.0. The summed E-state index contributed by atoms with van der Waals surface area (Å²) >= 11 is 3.41. The molecule has 1 amide bonds. The van der Waals surface area contributed by atoms with Crippen LogP contribution in [0.15, 0.2) is 70.1 Å². The number of aryl methyl sites for hydroxylation is 1. The van der Waals surface area contributed by atoms with Crippen molar-refractivity contribution in [2.45, 2.75) is 13.8 Å². The molecule has 1 heterocycles. The van der Waals surface area contributed by atoms with Crippen LogP contribution in [0.5, 0.6) is 0 Å². The number of carbonyl (C=O) groups excluding carboxylic acids is 1. The summed E-state index contributed by atoms with van der Waals surface area (Å²) in [5.41, 5.74) is 7.28. The molecule has 0 bridgehead atoms. The summed E-state index contributed by atoms with van der Waals surface area (Å²) in [6, 6.07) is 19.0. The number of amides is 1. The minimum atomic E-state index is -0.140. The summed E-state index contributed by atoms with van der Waals surface area (Å²) in [6.45, 7) is 3.91. The van der Waals surface area contributed by atoms with Gasteiger partial charge in [0.2, 0.25) is 0 Å². The Labute approximate surface area is 155 Å². The van der Waals surface area contributed by atoms with E-state index in [-0.39, 0.29) is 5.91 Å². The second-order valence-electron chi connectivity index (χ2n) is 5.70. The number of rotatable bonds is 4. The molecule has 0 aliphatic carbocycles. The maximum atomic E-state index is 12.4. The topological polar surface area (TPSA) is 46.4 Å². The molecule has 0 atom stereocenters. The van der Waals surface area contributed by atoms with Crippen LogP contribution >= 0.6 is 15.9 Å². The molecule has 0 aliphatic rings. The molecule has 3 aromatic rings. The number of benzene rings is 2. The van der Waals surface area contributed by atoms with E-state index in [9.17, 15) is 4.79 Å². The average molecular weight is 396 g/mol. The largest absolute Gasteiger partial charge is 0.270 e. The molecule has 0 unspecified atom stereocenters. The number of hydrogen-bond acceptors (Lipinski definition) is 2. The number of aromatic nitrogens is 1. The predicted octanol–water partition coefficient (Wildman–Crippen LogP) is 5.00. The van der Waals surface area contributed by atoms with Gasteiger partial charge in [0, 0.05) is 33.2 Å². The molecule has 4 nitrogen and oxygen atoms in total. The van der Waals surface area contributed by atoms with E-state index in [1.54, 1.807) is 16.8 Å². The summed E-state index contributed by atoms with van der Waals surface area (Å²) in [6.07, 6.45) is 1.82. The molecule has 25 heavy (non-hydrogen) atoms. The molecule has 0 spiro atoms. The minimum Gasteiger partial charge on any atom is -0.267 e. The molecule has 0 saturated carbocycles. The Kier molecular flexibility index (Phi) is 5.14. The second-order valence-corrected chi connectivity index (χ2v) is 6.62. The lowest BCUT2D eigenvalue weighted by molar-refractivity contribution is 0.101. The molecule has 0 fully saturated rings. The molecule has 1 aromatic heterocycles. The van der Waals surface area contributed by atoms with Crippen LogP contribution in [0.2, 0.25) is 0 Å². The van der Waals surface area contributed by atoms with Gasteiger partial charge >= 0.3 is 0 Å². The van der Waals surface area contributed by atoms with Crippen molar-refractivity contribution in [3.05, 3.63) is 87.7 Å². The summed E-state index contributed by atoms with van der Waals surface area (Å²) in [4.78, 5) is 16.9. The van der Waals surface area contributed by atoms with Gasteiger partial charge in [-0.1, -0.05) is 34.1 Å². The van der Waals surface area contributed by atoms with Crippen molar-refractivity contribution in [1.82, 2.24) is 4.68 Å². The van der Waals surface area contributed by atoms with Crippen LogP contribution in [-0.4, -0.2) is 16.8 Å². The first-order valence-corrected chi connectivity index (χ1v) is 8.69. The van der Waals surface area contributed by atoms with Crippen LogP contribution in [0.4, 0.5) is 5.69 Å². The van der Waals surface area contributed by atoms with Gasteiger partial charge in [0.25, 0.3) is 5.91 Å². The SMILES string of the molecule is Cc1cc(C=Nc2ccc(Br)cc2)c(C)n1NC(=O)c1ccccc1. The lowest BCUT2D eigenvalue weighted by Gasteiger charge is -2.11. The quantitative estimate of drug-likeness (QED) is 0.620. The molecule has 3 rings (SSSR count). The van der Waals surface area contributed by atoms with Gasteiger partial charge in [0.15, 0.2) is 0 Å². The van der Waals surface area contributed by atoms with Crippen LogP contribution in [0.25, 0.3) is 0 Å². The number of aliphatic imine (C=N–C) groups is 1. The summed E-state index contributed by atoms with van der Waals surface area (Å²) < 4.78 is 2.81. The fraction of sp³-hybridized carbons (Fsp3) is 0.100. The van der Waals surface area contributed by atoms with E-state index in [4.69, 9.17) is 0 Å². The van der Waals surface area contributed by atoms with Crippen molar-refractivity contribution in [2.24, 2.45) is 4.99 Å². The Morgan fingerprint density at radius 1 is 1.08 bits per heavy atom. The van der Waals surface area contributed by atoms with Crippen LogP contribution in [-0.2, 0) is 0 Å². The third-order valence-corrected chi connectivity index (χ3v) is 4.43. The zero-order chi connectivity index (χ0) is 17.8. The van der Waals surface area contributed by atoms with E-state index in [0.717, 1.165) is 27.1 Å². The van der Waals surface area contributed by atoms with E-state index in [2.05, 4.69) is 26.3 Å². The minimum absolute atomic E-state index is 0.140. The van der Waals surface area contributed by atoms with Gasteiger partial charge in [-0.2, -0.15) is 0 Å². The first-order chi connectivity index (χ1) is 12.0. The molecule has 2 aromatic carbocycles. The molecule has 1 N–H and O–H groups in total. The molecular weight excluding hydrogens is 378 g/mol. The molecule has 5 heteroatoms. The second kappa shape index (κ2) is 7.49. The third-order valence-electron chi connectivity index (χ3n) is 3.90. The number of halogens is 1. The van der Waals surface area contributed by atoms with Gasteiger partial charge < -0.3 is 0 Å². The molecule has 0 aliphatic heterocycles.